The molecule has 0 radical (unpaired) electrons. The first-order valence-electron chi connectivity index (χ1n) is 7.21. The minimum atomic E-state index is -0.722. The number of nitrogens with zero attached hydrogens (tertiary/aromatic N) is 3. The van der Waals surface area contributed by atoms with Gasteiger partial charge in [0.15, 0.2) is 0 Å². The summed E-state index contributed by atoms with van der Waals surface area (Å²) in [6.45, 7) is 2.49. The standard InChI is InChI=1S/C15H20FN3O3/c1-10-13(16)8-11(9-14(10)19(21)22)15(20)18-6-4-12(5-7-18)17(2)3/h8-9,12H,4-7H2,1-3H3. The minimum Gasteiger partial charge on any atom is -0.339 e. The lowest BCUT2D eigenvalue weighted by Crippen LogP contribution is -2.44. The third kappa shape index (κ3) is 3.24. The molecule has 1 aromatic carbocycles. The van der Waals surface area contributed by atoms with E-state index in [1.807, 2.05) is 14.1 Å². The van der Waals surface area contributed by atoms with Crippen LogP contribution in [0.1, 0.15) is 28.8 Å². The molecule has 1 aliphatic heterocycles. The first-order chi connectivity index (χ1) is 10.3. The largest absolute Gasteiger partial charge is 0.339 e. The number of benzene rings is 1. The molecule has 1 heterocycles. The summed E-state index contributed by atoms with van der Waals surface area (Å²) < 4.78 is 13.8. The van der Waals surface area contributed by atoms with E-state index in [9.17, 15) is 19.3 Å². The van der Waals surface area contributed by atoms with Crippen LogP contribution in [0.15, 0.2) is 12.1 Å². The van der Waals surface area contributed by atoms with Gasteiger partial charge in [-0.3, -0.25) is 14.9 Å². The smallest absolute Gasteiger partial charge is 0.276 e. The van der Waals surface area contributed by atoms with Crippen LogP contribution in [0.5, 0.6) is 0 Å². The number of carbonyl (C=O) groups excluding carboxylic acids is 1. The molecule has 0 aromatic heterocycles. The first kappa shape index (κ1) is 16.4. The highest BCUT2D eigenvalue weighted by Gasteiger charge is 2.27. The summed E-state index contributed by atoms with van der Waals surface area (Å²) in [5.41, 5.74) is -0.363. The van der Waals surface area contributed by atoms with Crippen molar-refractivity contribution in [2.24, 2.45) is 0 Å². The van der Waals surface area contributed by atoms with Crippen molar-refractivity contribution in [1.82, 2.24) is 9.80 Å². The Hall–Kier alpha value is -2.02. The molecule has 0 saturated carbocycles. The minimum absolute atomic E-state index is 0.0399. The van der Waals surface area contributed by atoms with E-state index >= 15 is 0 Å². The van der Waals surface area contributed by atoms with Crippen molar-refractivity contribution in [2.75, 3.05) is 27.2 Å². The van der Waals surface area contributed by atoms with Crippen molar-refractivity contribution in [3.05, 3.63) is 39.2 Å². The van der Waals surface area contributed by atoms with E-state index in [0.29, 0.717) is 19.1 Å². The number of hydrogen-bond acceptors (Lipinski definition) is 4. The van der Waals surface area contributed by atoms with Gasteiger partial charge in [0.1, 0.15) is 5.82 Å². The van der Waals surface area contributed by atoms with Crippen molar-refractivity contribution in [3.63, 3.8) is 0 Å². The summed E-state index contributed by atoms with van der Waals surface area (Å²) >= 11 is 0. The number of rotatable bonds is 3. The number of nitro benzene ring substituents is 1. The first-order valence-corrected chi connectivity index (χ1v) is 7.21. The number of piperidine rings is 1. The summed E-state index contributed by atoms with van der Waals surface area (Å²) in [6, 6.07) is 2.68. The second-order valence-corrected chi connectivity index (χ2v) is 5.85. The lowest BCUT2D eigenvalue weighted by molar-refractivity contribution is -0.385. The van der Waals surface area contributed by atoms with Crippen molar-refractivity contribution >= 4 is 11.6 Å². The van der Waals surface area contributed by atoms with Crippen LogP contribution < -0.4 is 0 Å². The van der Waals surface area contributed by atoms with Gasteiger partial charge in [0, 0.05) is 30.8 Å². The zero-order valence-corrected chi connectivity index (χ0v) is 13.0. The van der Waals surface area contributed by atoms with Crippen molar-refractivity contribution in [2.45, 2.75) is 25.8 Å². The van der Waals surface area contributed by atoms with Crippen LogP contribution >= 0.6 is 0 Å². The number of halogens is 1. The van der Waals surface area contributed by atoms with Gasteiger partial charge in [0.05, 0.1) is 10.5 Å². The Morgan fingerprint density at radius 2 is 1.95 bits per heavy atom. The van der Waals surface area contributed by atoms with Gasteiger partial charge in [-0.1, -0.05) is 0 Å². The summed E-state index contributed by atoms with van der Waals surface area (Å²) in [5.74, 6) is -1.07. The van der Waals surface area contributed by atoms with E-state index in [0.717, 1.165) is 18.9 Å². The fourth-order valence-corrected chi connectivity index (χ4v) is 2.75. The molecule has 6 nitrogen and oxygen atoms in total. The lowest BCUT2D eigenvalue weighted by Gasteiger charge is -2.35. The molecule has 0 N–H and O–H groups in total. The molecule has 0 spiro atoms. The van der Waals surface area contributed by atoms with E-state index in [4.69, 9.17) is 0 Å². The fourth-order valence-electron chi connectivity index (χ4n) is 2.75. The summed E-state index contributed by atoms with van der Waals surface area (Å²) in [7, 11) is 4.00. The van der Waals surface area contributed by atoms with Crippen molar-refractivity contribution in [1.29, 1.82) is 0 Å². The number of nitro groups is 1. The van der Waals surface area contributed by atoms with Gasteiger partial charge in [0.25, 0.3) is 11.6 Å². The zero-order valence-electron chi connectivity index (χ0n) is 13.0. The topological polar surface area (TPSA) is 66.7 Å². The van der Waals surface area contributed by atoms with Crippen LogP contribution in [-0.4, -0.2) is 53.9 Å². The van der Waals surface area contributed by atoms with Crippen LogP contribution in [-0.2, 0) is 0 Å². The van der Waals surface area contributed by atoms with Gasteiger partial charge >= 0.3 is 0 Å². The molecule has 0 aliphatic carbocycles. The molecular formula is C15H20FN3O3. The third-order valence-corrected chi connectivity index (χ3v) is 4.24. The van der Waals surface area contributed by atoms with E-state index in [2.05, 4.69) is 4.90 Å². The molecule has 0 atom stereocenters. The number of hydrogen-bond donors (Lipinski definition) is 0. The normalized spacial score (nSPS) is 16.1. The maximum absolute atomic E-state index is 13.8. The maximum Gasteiger partial charge on any atom is 0.276 e. The zero-order chi connectivity index (χ0) is 16.4. The predicted octanol–water partition coefficient (Wildman–Crippen LogP) is 2.21. The van der Waals surface area contributed by atoms with Gasteiger partial charge in [-0.2, -0.15) is 0 Å². The van der Waals surface area contributed by atoms with Crippen LogP contribution in [0.2, 0.25) is 0 Å². The van der Waals surface area contributed by atoms with Crippen molar-refractivity contribution < 1.29 is 14.1 Å². The summed E-state index contributed by atoms with van der Waals surface area (Å²) in [5, 5.41) is 11.0. The van der Waals surface area contributed by atoms with Crippen molar-refractivity contribution in [3.8, 4) is 0 Å². The summed E-state index contributed by atoms with van der Waals surface area (Å²) in [6.07, 6.45) is 1.68. The quantitative estimate of drug-likeness (QED) is 0.634. The predicted molar refractivity (Wildman–Crippen MR) is 80.4 cm³/mol. The van der Waals surface area contributed by atoms with E-state index in [-0.39, 0.29) is 22.7 Å². The summed E-state index contributed by atoms with van der Waals surface area (Å²) in [4.78, 5) is 26.5. The highest BCUT2D eigenvalue weighted by molar-refractivity contribution is 5.95. The molecule has 1 amide bonds. The Morgan fingerprint density at radius 3 is 2.45 bits per heavy atom. The number of likely N-dealkylation sites (tertiary alicyclic amines) is 1. The van der Waals surface area contributed by atoms with Gasteiger partial charge in [-0.15, -0.1) is 0 Å². The molecule has 1 saturated heterocycles. The molecule has 1 fully saturated rings. The van der Waals surface area contributed by atoms with Crippen LogP contribution in [0.3, 0.4) is 0 Å². The molecule has 120 valence electrons. The Morgan fingerprint density at radius 1 is 1.36 bits per heavy atom. The molecule has 0 bridgehead atoms. The second kappa shape index (κ2) is 6.39. The average Bonchev–Trinajstić information content (AvgIpc) is 2.48. The monoisotopic (exact) mass is 309 g/mol. The Balaban J connectivity index is 2.19. The molecular weight excluding hydrogens is 289 g/mol. The van der Waals surface area contributed by atoms with E-state index in [1.165, 1.54) is 13.0 Å². The molecule has 22 heavy (non-hydrogen) atoms. The number of amides is 1. The molecule has 0 unspecified atom stereocenters. The van der Waals surface area contributed by atoms with Gasteiger partial charge in [0.2, 0.25) is 0 Å². The van der Waals surface area contributed by atoms with Gasteiger partial charge < -0.3 is 9.80 Å². The fraction of sp³-hybridized carbons (Fsp3) is 0.533. The van der Waals surface area contributed by atoms with E-state index in [1.54, 1.807) is 4.90 Å². The maximum atomic E-state index is 13.8. The number of carbonyl (C=O) groups is 1. The Labute approximate surface area is 128 Å². The van der Waals surface area contributed by atoms with Gasteiger partial charge in [-0.25, -0.2) is 4.39 Å². The van der Waals surface area contributed by atoms with Crippen LogP contribution in [0, 0.1) is 22.9 Å². The molecule has 1 aliphatic rings. The molecule has 1 aromatic rings. The van der Waals surface area contributed by atoms with Gasteiger partial charge in [-0.05, 0) is 39.9 Å². The SMILES string of the molecule is Cc1c(F)cc(C(=O)N2CCC(N(C)C)CC2)cc1[N+](=O)[O-]. The Kier molecular flexibility index (Phi) is 4.75. The average molecular weight is 309 g/mol. The third-order valence-electron chi connectivity index (χ3n) is 4.24. The van der Waals surface area contributed by atoms with E-state index < -0.39 is 10.7 Å². The second-order valence-electron chi connectivity index (χ2n) is 5.85. The van der Waals surface area contributed by atoms with Crippen LogP contribution in [0.4, 0.5) is 10.1 Å². The highest BCUT2D eigenvalue weighted by Crippen LogP contribution is 2.24. The Bertz CT molecular complexity index is 596. The molecule has 2 rings (SSSR count). The highest BCUT2D eigenvalue weighted by atomic mass is 19.1. The molecule has 7 heteroatoms. The van der Waals surface area contributed by atoms with Crippen LogP contribution in [0.25, 0.3) is 0 Å². The lowest BCUT2D eigenvalue weighted by atomic mass is 10.0.